The van der Waals surface area contributed by atoms with E-state index in [0.29, 0.717) is 0 Å². The molecule has 3 heteroatoms. The second kappa shape index (κ2) is 7.54. The van der Waals surface area contributed by atoms with Gasteiger partial charge in [0.15, 0.2) is 0 Å². The zero-order valence-electron chi connectivity index (χ0n) is 12.9. The van der Waals surface area contributed by atoms with Crippen molar-refractivity contribution >= 4 is 0 Å². The van der Waals surface area contributed by atoms with Crippen molar-refractivity contribution in [2.45, 2.75) is 12.5 Å². The van der Waals surface area contributed by atoms with E-state index in [0.717, 1.165) is 44.7 Å². The van der Waals surface area contributed by atoms with Gasteiger partial charge in [-0.1, -0.05) is 54.6 Å². The van der Waals surface area contributed by atoms with Crippen molar-refractivity contribution in [3.63, 3.8) is 0 Å². The Bertz CT molecular complexity index is 562. The van der Waals surface area contributed by atoms with Crippen LogP contribution in [0.1, 0.15) is 18.1 Å². The highest BCUT2D eigenvalue weighted by molar-refractivity contribution is 5.63. The standard InChI is InChI=1S/C19H24N2O/c22-19(10-13-21-14-11-20-12-15-21)18-8-6-17(7-9-18)16-4-2-1-3-5-16/h1-9,19-20,22H,10-15H2. The highest BCUT2D eigenvalue weighted by Gasteiger charge is 2.13. The van der Waals surface area contributed by atoms with Crippen LogP contribution in [0.2, 0.25) is 0 Å². The van der Waals surface area contributed by atoms with Crippen molar-refractivity contribution in [3.05, 3.63) is 60.2 Å². The largest absolute Gasteiger partial charge is 0.388 e. The Labute approximate surface area is 132 Å². The van der Waals surface area contributed by atoms with Gasteiger partial charge in [-0.25, -0.2) is 0 Å². The van der Waals surface area contributed by atoms with E-state index >= 15 is 0 Å². The summed E-state index contributed by atoms with van der Waals surface area (Å²) in [6.45, 7) is 5.24. The van der Waals surface area contributed by atoms with Gasteiger partial charge in [-0.2, -0.15) is 0 Å². The van der Waals surface area contributed by atoms with E-state index in [1.165, 1.54) is 11.1 Å². The summed E-state index contributed by atoms with van der Waals surface area (Å²) in [6, 6.07) is 18.6. The van der Waals surface area contributed by atoms with Crippen molar-refractivity contribution < 1.29 is 5.11 Å². The van der Waals surface area contributed by atoms with Crippen LogP contribution in [0.15, 0.2) is 54.6 Å². The Kier molecular flexibility index (Phi) is 5.22. The topological polar surface area (TPSA) is 35.5 Å². The van der Waals surface area contributed by atoms with Crippen LogP contribution >= 0.6 is 0 Å². The average molecular weight is 296 g/mol. The molecule has 1 unspecified atom stereocenters. The van der Waals surface area contributed by atoms with Gasteiger partial charge in [0, 0.05) is 32.7 Å². The fourth-order valence-corrected chi connectivity index (χ4v) is 2.93. The number of piperazine rings is 1. The molecule has 0 radical (unpaired) electrons. The lowest BCUT2D eigenvalue weighted by Crippen LogP contribution is -2.44. The number of nitrogens with zero attached hydrogens (tertiary/aromatic N) is 1. The van der Waals surface area contributed by atoms with E-state index in [1.807, 2.05) is 30.3 Å². The Balaban J connectivity index is 1.57. The molecular weight excluding hydrogens is 272 g/mol. The fraction of sp³-hybridized carbons (Fsp3) is 0.368. The molecule has 3 rings (SSSR count). The summed E-state index contributed by atoms with van der Waals surface area (Å²) in [6.07, 6.45) is 0.421. The number of hydrogen-bond donors (Lipinski definition) is 2. The van der Waals surface area contributed by atoms with Gasteiger partial charge in [-0.05, 0) is 23.1 Å². The molecule has 0 spiro atoms. The lowest BCUT2D eigenvalue weighted by atomic mass is 10.0. The lowest BCUT2D eigenvalue weighted by molar-refractivity contribution is 0.137. The van der Waals surface area contributed by atoms with Crippen LogP contribution in [-0.4, -0.2) is 42.7 Å². The first kappa shape index (κ1) is 15.2. The number of rotatable bonds is 5. The quantitative estimate of drug-likeness (QED) is 0.890. The van der Waals surface area contributed by atoms with Gasteiger partial charge in [-0.15, -0.1) is 0 Å². The molecule has 1 aliphatic rings. The molecule has 2 aromatic rings. The van der Waals surface area contributed by atoms with Crippen molar-refractivity contribution in [3.8, 4) is 11.1 Å². The van der Waals surface area contributed by atoms with Crippen LogP contribution in [0.3, 0.4) is 0 Å². The second-order valence-electron chi connectivity index (χ2n) is 5.88. The highest BCUT2D eigenvalue weighted by Crippen LogP contribution is 2.23. The van der Waals surface area contributed by atoms with E-state index in [1.54, 1.807) is 0 Å². The molecule has 0 saturated carbocycles. The summed E-state index contributed by atoms with van der Waals surface area (Å²) in [5.41, 5.74) is 3.41. The van der Waals surface area contributed by atoms with E-state index < -0.39 is 0 Å². The summed E-state index contributed by atoms with van der Waals surface area (Å²) >= 11 is 0. The number of aliphatic hydroxyl groups is 1. The molecule has 1 heterocycles. The van der Waals surface area contributed by atoms with Gasteiger partial charge in [-0.3, -0.25) is 0 Å². The monoisotopic (exact) mass is 296 g/mol. The molecule has 1 aliphatic heterocycles. The molecule has 2 aromatic carbocycles. The zero-order chi connectivity index (χ0) is 15.2. The number of hydrogen-bond acceptors (Lipinski definition) is 3. The van der Waals surface area contributed by atoms with E-state index in [4.69, 9.17) is 0 Å². The predicted molar refractivity (Wildman–Crippen MR) is 90.8 cm³/mol. The third-order valence-corrected chi connectivity index (χ3v) is 4.33. The van der Waals surface area contributed by atoms with Gasteiger partial charge in [0.25, 0.3) is 0 Å². The van der Waals surface area contributed by atoms with Crippen LogP contribution in [-0.2, 0) is 0 Å². The third kappa shape index (κ3) is 3.95. The number of benzene rings is 2. The Morgan fingerprint density at radius 2 is 1.55 bits per heavy atom. The summed E-state index contributed by atoms with van der Waals surface area (Å²) < 4.78 is 0. The van der Waals surface area contributed by atoms with Crippen LogP contribution in [0.5, 0.6) is 0 Å². The van der Waals surface area contributed by atoms with E-state index in [2.05, 4.69) is 34.5 Å². The molecule has 0 bridgehead atoms. The normalized spacial score (nSPS) is 17.3. The first-order chi connectivity index (χ1) is 10.8. The fourth-order valence-electron chi connectivity index (χ4n) is 2.93. The summed E-state index contributed by atoms with van der Waals surface area (Å²) in [4.78, 5) is 2.41. The maximum atomic E-state index is 10.4. The SMILES string of the molecule is OC(CCN1CCNCC1)c1ccc(-c2ccccc2)cc1. The molecule has 2 N–H and O–H groups in total. The van der Waals surface area contributed by atoms with Gasteiger partial charge >= 0.3 is 0 Å². The molecule has 1 atom stereocenters. The molecule has 22 heavy (non-hydrogen) atoms. The Morgan fingerprint density at radius 3 is 2.23 bits per heavy atom. The molecular formula is C19H24N2O. The minimum Gasteiger partial charge on any atom is -0.388 e. The first-order valence-electron chi connectivity index (χ1n) is 8.09. The number of aliphatic hydroxyl groups excluding tert-OH is 1. The van der Waals surface area contributed by atoms with E-state index in [9.17, 15) is 5.11 Å². The summed E-state index contributed by atoms with van der Waals surface area (Å²) in [5, 5.41) is 13.7. The smallest absolute Gasteiger partial charge is 0.0802 e. The maximum Gasteiger partial charge on any atom is 0.0802 e. The molecule has 0 aromatic heterocycles. The average Bonchev–Trinajstić information content (AvgIpc) is 2.61. The van der Waals surface area contributed by atoms with Crippen LogP contribution < -0.4 is 5.32 Å². The van der Waals surface area contributed by atoms with Crippen LogP contribution in [0.4, 0.5) is 0 Å². The van der Waals surface area contributed by atoms with Crippen molar-refractivity contribution in [2.75, 3.05) is 32.7 Å². The van der Waals surface area contributed by atoms with Crippen LogP contribution in [0.25, 0.3) is 11.1 Å². The molecule has 1 saturated heterocycles. The van der Waals surface area contributed by atoms with Gasteiger partial charge in [0.2, 0.25) is 0 Å². The van der Waals surface area contributed by atoms with Crippen molar-refractivity contribution in [2.24, 2.45) is 0 Å². The summed E-state index contributed by atoms with van der Waals surface area (Å²) in [7, 11) is 0. The maximum absolute atomic E-state index is 10.4. The van der Waals surface area contributed by atoms with Crippen molar-refractivity contribution in [1.82, 2.24) is 10.2 Å². The van der Waals surface area contributed by atoms with E-state index in [-0.39, 0.29) is 6.10 Å². The van der Waals surface area contributed by atoms with Gasteiger partial charge in [0.05, 0.1) is 6.10 Å². The molecule has 1 fully saturated rings. The van der Waals surface area contributed by atoms with Crippen molar-refractivity contribution in [1.29, 1.82) is 0 Å². The minimum absolute atomic E-state index is 0.375. The van der Waals surface area contributed by atoms with Gasteiger partial charge in [0.1, 0.15) is 0 Å². The second-order valence-corrected chi connectivity index (χ2v) is 5.88. The molecule has 3 nitrogen and oxygen atoms in total. The van der Waals surface area contributed by atoms with Gasteiger partial charge < -0.3 is 15.3 Å². The predicted octanol–water partition coefficient (Wildman–Crippen LogP) is 2.68. The summed E-state index contributed by atoms with van der Waals surface area (Å²) in [5.74, 6) is 0. The molecule has 116 valence electrons. The third-order valence-electron chi connectivity index (χ3n) is 4.33. The first-order valence-corrected chi connectivity index (χ1v) is 8.09. The Morgan fingerprint density at radius 1 is 0.909 bits per heavy atom. The van der Waals surface area contributed by atoms with Crippen LogP contribution in [0, 0.1) is 0 Å². The Hall–Kier alpha value is -1.68. The minimum atomic E-state index is -0.375. The highest BCUT2D eigenvalue weighted by atomic mass is 16.3. The molecule has 0 aliphatic carbocycles. The molecule has 0 amide bonds. The lowest BCUT2D eigenvalue weighted by Gasteiger charge is -2.28. The number of nitrogens with one attached hydrogen (secondary N) is 1. The zero-order valence-corrected chi connectivity index (χ0v) is 12.9.